The Morgan fingerprint density at radius 3 is 2.11 bits per heavy atom. The van der Waals surface area contributed by atoms with Crippen LogP contribution in [-0.4, -0.2) is 15.8 Å². The van der Waals surface area contributed by atoms with E-state index >= 15 is 0 Å². The number of hydrogen-bond acceptors (Lipinski definition) is 4. The molecule has 3 aliphatic rings. The number of fused-ring (bicyclic) bond motifs is 2. The van der Waals surface area contributed by atoms with Crippen molar-refractivity contribution in [3.05, 3.63) is 219 Å². The van der Waals surface area contributed by atoms with Crippen molar-refractivity contribution >= 4 is 56.5 Å². The van der Waals surface area contributed by atoms with E-state index in [1.54, 1.807) is 0 Å². The molecule has 5 heteroatoms. The number of hydrogen-bond donors (Lipinski definition) is 1. The highest BCUT2D eigenvalue weighted by molar-refractivity contribution is 14.1. The molecule has 0 amide bonds. The molecule has 0 spiro atoms. The molecular formula is C52H39IN4. The second-order valence-electron chi connectivity index (χ2n) is 14.9. The van der Waals surface area contributed by atoms with Crippen LogP contribution in [0.3, 0.4) is 0 Å². The zero-order valence-corrected chi connectivity index (χ0v) is 33.5. The normalized spacial score (nSPS) is 17.5. The van der Waals surface area contributed by atoms with Crippen LogP contribution in [0.15, 0.2) is 187 Å². The standard InChI is InChI=1S/C52H39IN4/c53-46-27-26-35-11-2-4-14-45(35)51(46)41-30-40(44-15-9-12-34-10-1-3-13-43(34)44)31-42(32-41)52-56-49(38-22-18-36(19-23-38)47-16-5-7-28-54-47)33-50(57-52)39-24-20-37(21-25-39)48-17-6-8-29-55-48/h1-3,5-13,15-30,32-33,40,49H,4,14,31H2,(H,56,57). The molecule has 0 saturated carbocycles. The Kier molecular flexibility index (Phi) is 9.52. The Labute approximate surface area is 347 Å². The van der Waals surface area contributed by atoms with E-state index in [0.29, 0.717) is 0 Å². The highest BCUT2D eigenvalue weighted by Crippen LogP contribution is 2.42. The molecule has 1 aliphatic heterocycles. The Bertz CT molecular complexity index is 2770. The predicted octanol–water partition coefficient (Wildman–Crippen LogP) is 12.8. The largest absolute Gasteiger partial charge is 0.340 e. The molecule has 0 fully saturated rings. The zero-order valence-electron chi connectivity index (χ0n) is 31.3. The van der Waals surface area contributed by atoms with Crippen molar-refractivity contribution in [2.24, 2.45) is 4.99 Å². The monoisotopic (exact) mass is 846 g/mol. The molecule has 3 heterocycles. The van der Waals surface area contributed by atoms with E-state index in [-0.39, 0.29) is 12.0 Å². The third-order valence-corrected chi connectivity index (χ3v) is 12.2. The Morgan fingerprint density at radius 2 is 1.35 bits per heavy atom. The second kappa shape index (κ2) is 15.4. The van der Waals surface area contributed by atoms with Crippen molar-refractivity contribution in [1.29, 1.82) is 0 Å². The first kappa shape index (κ1) is 35.2. The molecule has 274 valence electrons. The lowest BCUT2D eigenvalue weighted by atomic mass is 9.79. The Morgan fingerprint density at radius 1 is 0.649 bits per heavy atom. The van der Waals surface area contributed by atoms with E-state index in [2.05, 4.69) is 184 Å². The highest BCUT2D eigenvalue weighted by Gasteiger charge is 2.28. The number of amidine groups is 1. The van der Waals surface area contributed by atoms with Gasteiger partial charge in [-0.3, -0.25) is 15.0 Å². The lowest BCUT2D eigenvalue weighted by molar-refractivity contribution is 0.824. The summed E-state index contributed by atoms with van der Waals surface area (Å²) in [5.41, 5.74) is 15.3. The number of pyridine rings is 2. The minimum Gasteiger partial charge on any atom is -0.340 e. The summed E-state index contributed by atoms with van der Waals surface area (Å²) in [6.45, 7) is 0. The van der Waals surface area contributed by atoms with Gasteiger partial charge in [-0.2, -0.15) is 0 Å². The molecule has 2 aromatic heterocycles. The van der Waals surface area contributed by atoms with Crippen LogP contribution in [-0.2, 0) is 6.42 Å². The topological polar surface area (TPSA) is 50.2 Å². The molecule has 0 saturated heterocycles. The van der Waals surface area contributed by atoms with E-state index in [9.17, 15) is 0 Å². The summed E-state index contributed by atoms with van der Waals surface area (Å²) in [5, 5.41) is 6.43. The molecule has 2 unspecified atom stereocenters. The average molecular weight is 847 g/mol. The van der Waals surface area contributed by atoms with Gasteiger partial charge in [0.2, 0.25) is 0 Å². The van der Waals surface area contributed by atoms with Crippen LogP contribution in [0.1, 0.15) is 58.2 Å². The third kappa shape index (κ3) is 7.08. The molecule has 1 N–H and O–H groups in total. The number of halogens is 1. The van der Waals surface area contributed by atoms with Crippen LogP contribution in [0.5, 0.6) is 0 Å². The Hall–Kier alpha value is -6.18. The van der Waals surface area contributed by atoms with Crippen molar-refractivity contribution in [2.45, 2.75) is 31.2 Å². The molecular weight excluding hydrogens is 808 g/mol. The van der Waals surface area contributed by atoms with Crippen molar-refractivity contribution in [1.82, 2.24) is 15.3 Å². The summed E-state index contributed by atoms with van der Waals surface area (Å²) in [7, 11) is 0. The van der Waals surface area contributed by atoms with Gasteiger partial charge >= 0.3 is 0 Å². The van der Waals surface area contributed by atoms with E-state index in [1.807, 2.05) is 36.7 Å². The molecule has 57 heavy (non-hydrogen) atoms. The number of rotatable bonds is 7. The summed E-state index contributed by atoms with van der Waals surface area (Å²) >= 11 is 2.54. The van der Waals surface area contributed by atoms with Crippen LogP contribution in [0.2, 0.25) is 0 Å². The highest BCUT2D eigenvalue weighted by atomic mass is 127. The number of nitrogens with zero attached hydrogens (tertiary/aromatic N) is 3. The van der Waals surface area contributed by atoms with Crippen LogP contribution in [0, 0.1) is 3.57 Å². The molecule has 2 aliphatic carbocycles. The van der Waals surface area contributed by atoms with Crippen LogP contribution < -0.4 is 5.32 Å². The SMILES string of the molecule is Ic1ccc2c(c1C1=CC(c3cccc4ccccc34)CC(C3=NC(c4ccc(-c5ccccn5)cc4)C=C(c4ccc(-c5ccccn5)cc4)N3)=C1)CCC=C2. The van der Waals surface area contributed by atoms with E-state index in [0.717, 1.165) is 64.4 Å². The van der Waals surface area contributed by atoms with Crippen molar-refractivity contribution < 1.29 is 0 Å². The molecule has 2 atom stereocenters. The van der Waals surface area contributed by atoms with Gasteiger partial charge in [0.1, 0.15) is 5.84 Å². The fourth-order valence-corrected chi connectivity index (χ4v) is 9.31. The Balaban J connectivity index is 1.10. The minimum absolute atomic E-state index is 0.157. The molecule has 0 radical (unpaired) electrons. The number of benzene rings is 5. The summed E-state index contributed by atoms with van der Waals surface area (Å²) in [5.74, 6) is 1.07. The minimum atomic E-state index is -0.189. The third-order valence-electron chi connectivity index (χ3n) is 11.3. The quantitative estimate of drug-likeness (QED) is 0.163. The molecule has 4 nitrogen and oxygen atoms in total. The zero-order chi connectivity index (χ0) is 38.1. The van der Waals surface area contributed by atoms with Gasteiger partial charge in [-0.25, -0.2) is 0 Å². The number of allylic oxidation sites excluding steroid dienone is 4. The summed E-state index contributed by atoms with van der Waals surface area (Å²) in [6, 6.07) is 49.4. The molecule has 10 rings (SSSR count). The maximum atomic E-state index is 5.54. The maximum Gasteiger partial charge on any atom is 0.129 e. The van der Waals surface area contributed by atoms with E-state index in [4.69, 9.17) is 4.99 Å². The fraction of sp³-hybridized carbons (Fsp3) is 0.0962. The fourth-order valence-electron chi connectivity index (χ4n) is 8.49. The van der Waals surface area contributed by atoms with Gasteiger partial charge in [0.15, 0.2) is 0 Å². The molecule has 0 bridgehead atoms. The summed E-state index contributed by atoms with van der Waals surface area (Å²) < 4.78 is 1.28. The first-order chi connectivity index (χ1) is 28.1. The lowest BCUT2D eigenvalue weighted by Crippen LogP contribution is -2.30. The van der Waals surface area contributed by atoms with Gasteiger partial charge in [-0.1, -0.05) is 127 Å². The first-order valence-corrected chi connectivity index (χ1v) is 20.7. The predicted molar refractivity (Wildman–Crippen MR) is 245 cm³/mol. The van der Waals surface area contributed by atoms with Gasteiger partial charge in [0.05, 0.1) is 17.4 Å². The van der Waals surface area contributed by atoms with Gasteiger partial charge in [-0.15, -0.1) is 0 Å². The number of aromatic nitrogens is 2. The maximum absolute atomic E-state index is 5.54. The van der Waals surface area contributed by atoms with Gasteiger partial charge in [-0.05, 0) is 140 Å². The van der Waals surface area contributed by atoms with Gasteiger partial charge in [0, 0.05) is 38.7 Å². The van der Waals surface area contributed by atoms with Gasteiger partial charge in [0.25, 0.3) is 0 Å². The van der Waals surface area contributed by atoms with Crippen molar-refractivity contribution in [3.8, 4) is 22.5 Å². The smallest absolute Gasteiger partial charge is 0.129 e. The van der Waals surface area contributed by atoms with Crippen molar-refractivity contribution in [2.75, 3.05) is 0 Å². The molecule has 7 aromatic rings. The number of aliphatic imine (C=N–C) groups is 1. The second-order valence-corrected chi connectivity index (χ2v) is 16.0. The average Bonchev–Trinajstić information content (AvgIpc) is 3.29. The number of nitrogens with one attached hydrogen (secondary N) is 1. The van der Waals surface area contributed by atoms with Crippen molar-refractivity contribution in [3.63, 3.8) is 0 Å². The lowest BCUT2D eigenvalue weighted by Gasteiger charge is -2.30. The van der Waals surface area contributed by atoms with Crippen LogP contribution in [0.25, 0.3) is 50.6 Å². The first-order valence-electron chi connectivity index (χ1n) is 19.6. The summed E-state index contributed by atoms with van der Waals surface area (Å²) in [6.07, 6.45) is 18.4. The van der Waals surface area contributed by atoms with E-state index < -0.39 is 0 Å². The van der Waals surface area contributed by atoms with Crippen LogP contribution in [0.4, 0.5) is 0 Å². The van der Waals surface area contributed by atoms with E-state index in [1.165, 1.54) is 47.7 Å². The summed E-state index contributed by atoms with van der Waals surface area (Å²) in [4.78, 5) is 14.7. The van der Waals surface area contributed by atoms with Crippen LogP contribution >= 0.6 is 22.6 Å². The van der Waals surface area contributed by atoms with Gasteiger partial charge < -0.3 is 5.32 Å². The molecule has 5 aromatic carbocycles.